The molecule has 0 N–H and O–H groups in total. The zero-order chi connectivity index (χ0) is 19.1. The fourth-order valence-corrected chi connectivity index (χ4v) is 3.30. The van der Waals surface area contributed by atoms with Crippen molar-refractivity contribution < 1.29 is 21.6 Å². The lowest BCUT2D eigenvalue weighted by Crippen LogP contribution is -2.04. The average molecular weight is 401 g/mol. The largest absolute Gasteiger partial charge is 0.434 e. The zero-order valence-corrected chi connectivity index (χ0v) is 14.9. The van der Waals surface area contributed by atoms with Gasteiger partial charge in [-0.2, -0.15) is 13.2 Å². The molecule has 1 heterocycles. The van der Waals surface area contributed by atoms with Gasteiger partial charge in [-0.1, -0.05) is 24.3 Å². The van der Waals surface area contributed by atoms with E-state index in [1.54, 1.807) is 36.4 Å². The standard InChI is InChI=1S/C17H12ClF3N2O2S/c1-26(24,25)14-4-2-3-12(9-14)11-5-7-13(8-6-11)23-10-15(17(19,20)21)22-16(23)18/h2-10H,1H3. The van der Waals surface area contributed by atoms with E-state index in [9.17, 15) is 21.6 Å². The van der Waals surface area contributed by atoms with Crippen LogP contribution in [0, 0.1) is 0 Å². The molecule has 0 aliphatic heterocycles. The Balaban J connectivity index is 1.96. The van der Waals surface area contributed by atoms with Crippen LogP contribution < -0.4 is 0 Å². The molecule has 3 aromatic rings. The van der Waals surface area contributed by atoms with Gasteiger partial charge in [-0.3, -0.25) is 4.57 Å². The molecule has 0 saturated heterocycles. The summed E-state index contributed by atoms with van der Waals surface area (Å²) in [4.78, 5) is 3.50. The highest BCUT2D eigenvalue weighted by Crippen LogP contribution is 2.31. The zero-order valence-electron chi connectivity index (χ0n) is 13.3. The Kier molecular flexibility index (Phi) is 4.58. The Labute approximate surface area is 152 Å². The highest BCUT2D eigenvalue weighted by Gasteiger charge is 2.34. The Hall–Kier alpha value is -2.32. The second-order valence-electron chi connectivity index (χ2n) is 5.61. The van der Waals surface area contributed by atoms with Crippen molar-refractivity contribution in [2.45, 2.75) is 11.1 Å². The quantitative estimate of drug-likeness (QED) is 0.645. The molecule has 0 bridgehead atoms. The molecular weight excluding hydrogens is 389 g/mol. The molecule has 3 rings (SSSR count). The van der Waals surface area contributed by atoms with Crippen molar-refractivity contribution in [1.29, 1.82) is 0 Å². The van der Waals surface area contributed by atoms with Crippen molar-refractivity contribution in [2.24, 2.45) is 0 Å². The molecule has 0 atom stereocenters. The summed E-state index contributed by atoms with van der Waals surface area (Å²) in [5.41, 5.74) is 0.715. The fourth-order valence-electron chi connectivity index (χ4n) is 2.40. The highest BCUT2D eigenvalue weighted by atomic mass is 35.5. The number of imidazole rings is 1. The first-order valence-electron chi connectivity index (χ1n) is 7.29. The Morgan fingerprint density at radius 2 is 1.69 bits per heavy atom. The first kappa shape index (κ1) is 18.5. The normalized spacial score (nSPS) is 12.3. The van der Waals surface area contributed by atoms with Gasteiger partial charge in [0, 0.05) is 18.1 Å². The van der Waals surface area contributed by atoms with Gasteiger partial charge in [0.05, 0.1) is 4.90 Å². The Bertz CT molecular complexity index is 1060. The molecule has 0 spiro atoms. The molecule has 0 aliphatic carbocycles. The highest BCUT2D eigenvalue weighted by molar-refractivity contribution is 7.90. The van der Waals surface area contributed by atoms with Crippen molar-refractivity contribution in [1.82, 2.24) is 9.55 Å². The first-order chi connectivity index (χ1) is 12.1. The minimum absolute atomic E-state index is 0.187. The molecule has 9 heteroatoms. The average Bonchev–Trinajstić information content (AvgIpc) is 2.96. The molecule has 0 saturated carbocycles. The predicted octanol–water partition coefficient (Wildman–Crippen LogP) is 4.62. The topological polar surface area (TPSA) is 52.0 Å². The molecule has 0 amide bonds. The molecule has 26 heavy (non-hydrogen) atoms. The minimum atomic E-state index is -4.58. The van der Waals surface area contributed by atoms with Gasteiger partial charge < -0.3 is 0 Å². The van der Waals surface area contributed by atoms with Crippen molar-refractivity contribution in [3.8, 4) is 16.8 Å². The van der Waals surface area contributed by atoms with Crippen LogP contribution in [0.2, 0.25) is 5.28 Å². The van der Waals surface area contributed by atoms with Crippen molar-refractivity contribution >= 4 is 21.4 Å². The smallest absolute Gasteiger partial charge is 0.290 e. The summed E-state index contributed by atoms with van der Waals surface area (Å²) in [6.07, 6.45) is -2.64. The number of sulfone groups is 1. The van der Waals surface area contributed by atoms with Gasteiger partial charge in [0.2, 0.25) is 5.28 Å². The third-order valence-corrected chi connectivity index (χ3v) is 5.07. The van der Waals surface area contributed by atoms with Crippen LogP contribution in [0.4, 0.5) is 13.2 Å². The monoisotopic (exact) mass is 400 g/mol. The molecule has 136 valence electrons. The van der Waals surface area contributed by atoms with Gasteiger partial charge in [0.15, 0.2) is 15.5 Å². The van der Waals surface area contributed by atoms with E-state index in [-0.39, 0.29) is 10.2 Å². The number of alkyl halides is 3. The molecule has 0 fully saturated rings. The second kappa shape index (κ2) is 6.44. The van der Waals surface area contributed by atoms with Crippen LogP contribution >= 0.6 is 11.6 Å². The van der Waals surface area contributed by atoms with Crippen LogP contribution in [0.1, 0.15) is 5.69 Å². The van der Waals surface area contributed by atoms with Gasteiger partial charge in [-0.25, -0.2) is 13.4 Å². The fraction of sp³-hybridized carbons (Fsp3) is 0.118. The van der Waals surface area contributed by atoms with E-state index in [1.165, 1.54) is 12.1 Å². The number of benzene rings is 2. The van der Waals surface area contributed by atoms with Crippen LogP contribution in [0.3, 0.4) is 0 Å². The summed E-state index contributed by atoms with van der Waals surface area (Å²) in [5.74, 6) is 0. The van der Waals surface area contributed by atoms with Gasteiger partial charge in [0.1, 0.15) is 0 Å². The lowest BCUT2D eigenvalue weighted by atomic mass is 10.1. The van der Waals surface area contributed by atoms with E-state index in [4.69, 9.17) is 11.6 Å². The third kappa shape index (κ3) is 3.76. The number of hydrogen-bond acceptors (Lipinski definition) is 3. The molecule has 2 aromatic carbocycles. The summed E-state index contributed by atoms with van der Waals surface area (Å²) >= 11 is 5.80. The maximum atomic E-state index is 12.7. The van der Waals surface area contributed by atoms with Gasteiger partial charge in [-0.05, 0) is 47.0 Å². The first-order valence-corrected chi connectivity index (χ1v) is 9.56. The maximum absolute atomic E-state index is 12.7. The number of rotatable bonds is 3. The van der Waals surface area contributed by atoms with Crippen molar-refractivity contribution in [3.63, 3.8) is 0 Å². The molecule has 1 aromatic heterocycles. The van der Waals surface area contributed by atoms with E-state index in [0.29, 0.717) is 16.8 Å². The van der Waals surface area contributed by atoms with Crippen molar-refractivity contribution in [3.05, 3.63) is 65.7 Å². The van der Waals surface area contributed by atoms with E-state index in [1.807, 2.05) is 0 Å². The van der Waals surface area contributed by atoms with Crippen LogP contribution in [-0.4, -0.2) is 24.2 Å². The SMILES string of the molecule is CS(=O)(=O)c1cccc(-c2ccc(-n3cc(C(F)(F)F)nc3Cl)cc2)c1. The summed E-state index contributed by atoms with van der Waals surface area (Å²) in [7, 11) is -3.34. The van der Waals surface area contributed by atoms with Crippen LogP contribution in [0.25, 0.3) is 16.8 Å². The van der Waals surface area contributed by atoms with Gasteiger partial charge in [-0.15, -0.1) is 0 Å². The van der Waals surface area contributed by atoms with Gasteiger partial charge in [0.25, 0.3) is 0 Å². The number of hydrogen-bond donors (Lipinski definition) is 0. The van der Waals surface area contributed by atoms with Crippen LogP contribution in [-0.2, 0) is 16.0 Å². The van der Waals surface area contributed by atoms with E-state index < -0.39 is 21.7 Å². The van der Waals surface area contributed by atoms with Gasteiger partial charge >= 0.3 is 6.18 Å². The molecular formula is C17H12ClF3N2O2S. The van der Waals surface area contributed by atoms with E-state index in [0.717, 1.165) is 17.0 Å². The molecule has 0 radical (unpaired) electrons. The summed E-state index contributed by atoms with van der Waals surface area (Å²) in [5, 5.41) is -0.302. The number of halogens is 4. The van der Waals surface area contributed by atoms with Crippen molar-refractivity contribution in [2.75, 3.05) is 6.26 Å². The minimum Gasteiger partial charge on any atom is -0.290 e. The molecule has 4 nitrogen and oxygen atoms in total. The number of aromatic nitrogens is 2. The number of nitrogens with zero attached hydrogens (tertiary/aromatic N) is 2. The van der Waals surface area contributed by atoms with Crippen LogP contribution in [0.15, 0.2) is 59.6 Å². The summed E-state index contributed by atoms with van der Waals surface area (Å²) in [6.45, 7) is 0. The predicted molar refractivity (Wildman–Crippen MR) is 92.1 cm³/mol. The van der Waals surface area contributed by atoms with Crippen LogP contribution in [0.5, 0.6) is 0 Å². The Morgan fingerprint density at radius 3 is 2.23 bits per heavy atom. The maximum Gasteiger partial charge on any atom is 0.434 e. The van der Waals surface area contributed by atoms with E-state index >= 15 is 0 Å². The lowest BCUT2D eigenvalue weighted by Gasteiger charge is -2.07. The lowest BCUT2D eigenvalue weighted by molar-refractivity contribution is -0.140. The summed E-state index contributed by atoms with van der Waals surface area (Å²) in [6, 6.07) is 12.9. The molecule has 0 aliphatic rings. The van der Waals surface area contributed by atoms with E-state index in [2.05, 4.69) is 4.98 Å². The Morgan fingerprint density at radius 1 is 1.04 bits per heavy atom. The summed E-state index contributed by atoms with van der Waals surface area (Å²) < 4.78 is 62.6. The second-order valence-corrected chi connectivity index (χ2v) is 7.96. The third-order valence-electron chi connectivity index (χ3n) is 3.69. The molecule has 0 unspecified atom stereocenters.